The van der Waals surface area contributed by atoms with Gasteiger partial charge in [-0.15, -0.1) is 0 Å². The largest absolute Gasteiger partial charge is 0.489 e. The van der Waals surface area contributed by atoms with Crippen LogP contribution in [0, 0.1) is 0 Å². The summed E-state index contributed by atoms with van der Waals surface area (Å²) < 4.78 is 6.34. The second-order valence-electron chi connectivity index (χ2n) is 7.83. The van der Waals surface area contributed by atoms with Crippen molar-refractivity contribution >= 4 is 22.4 Å². The van der Waals surface area contributed by atoms with Crippen LogP contribution in [0.2, 0.25) is 5.02 Å². The highest BCUT2D eigenvalue weighted by Crippen LogP contribution is 2.44. The monoisotopic (exact) mass is 394 g/mol. The summed E-state index contributed by atoms with van der Waals surface area (Å²) in [5.74, 6) is 0.761. The Kier molecular flexibility index (Phi) is 5.56. The van der Waals surface area contributed by atoms with E-state index in [0.717, 1.165) is 48.6 Å². The lowest BCUT2D eigenvalue weighted by Gasteiger charge is -2.44. The number of nitrogens with two attached hydrogens (primary N) is 1. The Morgan fingerprint density at radius 3 is 2.61 bits per heavy atom. The van der Waals surface area contributed by atoms with Crippen LogP contribution in [0.3, 0.4) is 0 Å². The molecule has 1 aliphatic carbocycles. The average Bonchev–Trinajstić information content (AvgIpc) is 2.76. The normalized spacial score (nSPS) is 23.5. The number of ether oxygens (including phenoxy) is 1. The van der Waals surface area contributed by atoms with Crippen LogP contribution in [0.4, 0.5) is 0 Å². The van der Waals surface area contributed by atoms with E-state index in [2.05, 4.69) is 42.2 Å². The second-order valence-corrected chi connectivity index (χ2v) is 8.21. The van der Waals surface area contributed by atoms with Crippen LogP contribution in [0.25, 0.3) is 10.8 Å². The van der Waals surface area contributed by atoms with Crippen molar-refractivity contribution in [1.29, 1.82) is 0 Å². The molecule has 4 heteroatoms. The van der Waals surface area contributed by atoms with Gasteiger partial charge in [0.15, 0.2) is 0 Å². The lowest BCUT2D eigenvalue weighted by atomic mass is 9.64. The zero-order valence-corrected chi connectivity index (χ0v) is 17.0. The average molecular weight is 395 g/mol. The van der Waals surface area contributed by atoms with Crippen LogP contribution in [0.1, 0.15) is 44.6 Å². The van der Waals surface area contributed by atoms with E-state index in [0.29, 0.717) is 5.02 Å². The van der Waals surface area contributed by atoms with Gasteiger partial charge in [0.25, 0.3) is 0 Å². The number of aromatic nitrogens is 1. The quantitative estimate of drug-likeness (QED) is 0.587. The van der Waals surface area contributed by atoms with Gasteiger partial charge in [0.05, 0.1) is 11.1 Å². The van der Waals surface area contributed by atoms with Crippen LogP contribution in [0.5, 0.6) is 5.75 Å². The predicted molar refractivity (Wildman–Crippen MR) is 116 cm³/mol. The molecule has 3 nitrogen and oxygen atoms in total. The summed E-state index contributed by atoms with van der Waals surface area (Å²) >= 11 is 6.61. The molecular weight excluding hydrogens is 368 g/mol. The number of hydrogen-bond acceptors (Lipinski definition) is 3. The fraction of sp³-hybridized carbons (Fsp3) is 0.375. The van der Waals surface area contributed by atoms with Gasteiger partial charge in [-0.2, -0.15) is 0 Å². The first-order valence-corrected chi connectivity index (χ1v) is 10.5. The van der Waals surface area contributed by atoms with Crippen molar-refractivity contribution in [3.05, 3.63) is 71.5 Å². The minimum Gasteiger partial charge on any atom is -0.489 e. The summed E-state index contributed by atoms with van der Waals surface area (Å²) in [6, 6.07) is 16.8. The number of benzene rings is 2. The molecule has 146 valence electrons. The molecule has 0 bridgehead atoms. The number of fused-ring (bicyclic) bond motifs is 1. The van der Waals surface area contributed by atoms with Crippen molar-refractivity contribution < 1.29 is 4.74 Å². The third-order valence-electron chi connectivity index (χ3n) is 6.34. The third kappa shape index (κ3) is 3.49. The van der Waals surface area contributed by atoms with Crippen LogP contribution in [0.15, 0.2) is 60.9 Å². The van der Waals surface area contributed by atoms with Crippen molar-refractivity contribution in [1.82, 2.24) is 4.98 Å². The Hall–Kier alpha value is -2.10. The highest BCUT2D eigenvalue weighted by atomic mass is 35.5. The molecule has 28 heavy (non-hydrogen) atoms. The SMILES string of the molecule is CC[C@H](N)C1(c2ccccc2)CCC(Oc2ccc3cnccc3c2Cl)CC1. The van der Waals surface area contributed by atoms with Crippen LogP contribution < -0.4 is 10.5 Å². The van der Waals surface area contributed by atoms with E-state index in [1.165, 1.54) is 5.56 Å². The van der Waals surface area contributed by atoms with E-state index in [4.69, 9.17) is 22.1 Å². The van der Waals surface area contributed by atoms with E-state index in [-0.39, 0.29) is 17.6 Å². The zero-order valence-electron chi connectivity index (χ0n) is 16.3. The van der Waals surface area contributed by atoms with Gasteiger partial charge in [-0.1, -0.05) is 48.9 Å². The minimum absolute atomic E-state index is 0.0364. The molecular formula is C24H27ClN2O. The first kappa shape index (κ1) is 19.2. The Labute approximate surface area is 171 Å². The zero-order chi connectivity index (χ0) is 19.6. The van der Waals surface area contributed by atoms with Crippen molar-refractivity contribution in [2.75, 3.05) is 0 Å². The summed E-state index contributed by atoms with van der Waals surface area (Å²) in [7, 11) is 0. The third-order valence-corrected chi connectivity index (χ3v) is 6.73. The molecule has 0 saturated heterocycles. The topological polar surface area (TPSA) is 48.1 Å². The highest BCUT2D eigenvalue weighted by Gasteiger charge is 2.41. The molecule has 3 aromatic rings. The van der Waals surface area contributed by atoms with E-state index >= 15 is 0 Å². The fourth-order valence-electron chi connectivity index (χ4n) is 4.64. The molecule has 0 unspecified atom stereocenters. The van der Waals surface area contributed by atoms with Gasteiger partial charge >= 0.3 is 0 Å². The van der Waals surface area contributed by atoms with E-state index < -0.39 is 0 Å². The molecule has 0 amide bonds. The molecule has 4 rings (SSSR count). The van der Waals surface area contributed by atoms with Gasteiger partial charge < -0.3 is 10.5 Å². The molecule has 0 spiro atoms. The first-order chi connectivity index (χ1) is 13.6. The number of nitrogens with zero attached hydrogens (tertiary/aromatic N) is 1. The van der Waals surface area contributed by atoms with E-state index in [9.17, 15) is 0 Å². The molecule has 1 fully saturated rings. The smallest absolute Gasteiger partial charge is 0.138 e. The van der Waals surface area contributed by atoms with Crippen LogP contribution >= 0.6 is 11.6 Å². The standard InChI is InChI=1S/C24H27ClN2O/c1-2-22(26)24(18-6-4-3-5-7-18)13-10-19(11-14-24)28-21-9-8-17-16-27-15-12-20(17)23(21)25/h3-9,12,15-16,19,22H,2,10-11,13-14,26H2,1H3/t19?,22-,24?/m0/s1. The minimum atomic E-state index is 0.0364. The second kappa shape index (κ2) is 8.10. The molecule has 0 aliphatic heterocycles. The van der Waals surface area contributed by atoms with Crippen molar-refractivity contribution in [2.45, 2.75) is 56.6 Å². The van der Waals surface area contributed by atoms with E-state index in [1.807, 2.05) is 24.4 Å². The lowest BCUT2D eigenvalue weighted by molar-refractivity contribution is 0.104. The first-order valence-electron chi connectivity index (χ1n) is 10.1. The molecule has 1 atom stereocenters. The molecule has 0 radical (unpaired) electrons. The summed E-state index contributed by atoms with van der Waals surface area (Å²) in [5, 5.41) is 2.68. The maximum absolute atomic E-state index is 6.63. The van der Waals surface area contributed by atoms with Crippen molar-refractivity contribution in [2.24, 2.45) is 5.73 Å². The van der Waals surface area contributed by atoms with Gasteiger partial charge in [-0.25, -0.2) is 0 Å². The molecule has 2 N–H and O–H groups in total. The maximum atomic E-state index is 6.63. The summed E-state index contributed by atoms with van der Waals surface area (Å²) in [4.78, 5) is 4.16. The number of pyridine rings is 1. The Morgan fingerprint density at radius 1 is 1.14 bits per heavy atom. The van der Waals surface area contributed by atoms with Gasteiger partial charge in [0.2, 0.25) is 0 Å². The van der Waals surface area contributed by atoms with Gasteiger partial charge in [-0.3, -0.25) is 4.98 Å². The Balaban J connectivity index is 1.53. The fourth-order valence-corrected chi connectivity index (χ4v) is 4.92. The predicted octanol–water partition coefficient (Wildman–Crippen LogP) is 5.88. The van der Waals surface area contributed by atoms with Crippen LogP contribution in [-0.2, 0) is 5.41 Å². The van der Waals surface area contributed by atoms with Gasteiger partial charge in [-0.05, 0) is 55.9 Å². The van der Waals surface area contributed by atoms with Gasteiger partial charge in [0.1, 0.15) is 5.75 Å². The Bertz CT molecular complexity index is 936. The lowest BCUT2D eigenvalue weighted by Crippen LogP contribution is -2.48. The number of halogens is 1. The summed E-state index contributed by atoms with van der Waals surface area (Å²) in [6.45, 7) is 2.18. The molecule has 2 aromatic carbocycles. The Morgan fingerprint density at radius 2 is 1.89 bits per heavy atom. The number of rotatable bonds is 5. The molecule has 1 aliphatic rings. The maximum Gasteiger partial charge on any atom is 0.138 e. The highest BCUT2D eigenvalue weighted by molar-refractivity contribution is 6.37. The number of hydrogen-bond donors (Lipinski definition) is 1. The van der Waals surface area contributed by atoms with Crippen molar-refractivity contribution in [3.8, 4) is 5.75 Å². The summed E-state index contributed by atoms with van der Waals surface area (Å²) in [6.07, 6.45) is 8.76. The summed E-state index contributed by atoms with van der Waals surface area (Å²) in [5.41, 5.74) is 8.03. The van der Waals surface area contributed by atoms with E-state index in [1.54, 1.807) is 6.20 Å². The van der Waals surface area contributed by atoms with Gasteiger partial charge in [0, 0.05) is 34.6 Å². The van der Waals surface area contributed by atoms with Crippen molar-refractivity contribution in [3.63, 3.8) is 0 Å². The molecule has 1 heterocycles. The molecule has 1 saturated carbocycles. The van der Waals surface area contributed by atoms with Crippen LogP contribution in [-0.4, -0.2) is 17.1 Å². The molecule has 1 aromatic heterocycles.